The maximum absolute atomic E-state index is 12.4. The highest BCUT2D eigenvalue weighted by molar-refractivity contribution is 6.34. The van der Waals surface area contributed by atoms with Crippen molar-refractivity contribution in [1.82, 2.24) is 0 Å². The van der Waals surface area contributed by atoms with Crippen LogP contribution in [0.15, 0.2) is 36.4 Å². The van der Waals surface area contributed by atoms with Gasteiger partial charge in [-0.1, -0.05) is 17.7 Å². The number of esters is 1. The fourth-order valence-electron chi connectivity index (χ4n) is 2.21. The Kier molecular flexibility index (Phi) is 5.71. The summed E-state index contributed by atoms with van der Waals surface area (Å²) in [6.07, 6.45) is 0. The molecule has 0 saturated heterocycles. The van der Waals surface area contributed by atoms with E-state index in [1.807, 2.05) is 0 Å². The summed E-state index contributed by atoms with van der Waals surface area (Å²) < 4.78 is 4.88. The Morgan fingerprint density at radius 2 is 2.00 bits per heavy atom. The summed E-state index contributed by atoms with van der Waals surface area (Å²) in [7, 11) is 0. The van der Waals surface area contributed by atoms with Gasteiger partial charge in [0.15, 0.2) is 0 Å². The Bertz CT molecular complexity index is 851. The van der Waals surface area contributed by atoms with Crippen molar-refractivity contribution in [3.63, 3.8) is 0 Å². The van der Waals surface area contributed by atoms with Crippen molar-refractivity contribution in [3.8, 4) is 0 Å². The maximum atomic E-state index is 12.4. The largest absolute Gasteiger partial charge is 0.462 e. The van der Waals surface area contributed by atoms with E-state index in [-0.39, 0.29) is 39.7 Å². The molecule has 2 rings (SSSR count). The molecule has 1 amide bonds. The molecular weight excluding hydrogens is 348 g/mol. The van der Waals surface area contributed by atoms with Gasteiger partial charge in [0.2, 0.25) is 0 Å². The van der Waals surface area contributed by atoms with Crippen LogP contribution < -0.4 is 5.32 Å². The molecule has 130 valence electrons. The Balaban J connectivity index is 2.26. The van der Waals surface area contributed by atoms with Crippen LogP contribution in [-0.4, -0.2) is 23.4 Å². The molecule has 2 aromatic carbocycles. The molecule has 2 aromatic rings. The average molecular weight is 363 g/mol. The Labute approximate surface area is 148 Å². The van der Waals surface area contributed by atoms with Crippen LogP contribution in [0.25, 0.3) is 0 Å². The van der Waals surface area contributed by atoms with Gasteiger partial charge in [-0.05, 0) is 38.1 Å². The lowest BCUT2D eigenvalue weighted by Gasteiger charge is -2.10. The quantitative estimate of drug-likeness (QED) is 0.492. The number of nitrogens with one attached hydrogen (secondary N) is 1. The number of carbonyl (C=O) groups excluding carboxylic acids is 2. The molecule has 0 aliphatic carbocycles. The molecule has 0 unspecified atom stereocenters. The van der Waals surface area contributed by atoms with Gasteiger partial charge in [-0.2, -0.15) is 0 Å². The van der Waals surface area contributed by atoms with Crippen molar-refractivity contribution in [2.75, 3.05) is 11.9 Å². The molecule has 0 bridgehead atoms. The summed E-state index contributed by atoms with van der Waals surface area (Å²) in [5.41, 5.74) is 0.822. The van der Waals surface area contributed by atoms with E-state index in [0.717, 1.165) is 0 Å². The van der Waals surface area contributed by atoms with Gasteiger partial charge in [0.05, 0.1) is 27.8 Å². The summed E-state index contributed by atoms with van der Waals surface area (Å²) >= 11 is 6.10. The molecule has 0 atom stereocenters. The van der Waals surface area contributed by atoms with Gasteiger partial charge < -0.3 is 10.1 Å². The third-order valence-corrected chi connectivity index (χ3v) is 3.79. The van der Waals surface area contributed by atoms with E-state index in [0.29, 0.717) is 0 Å². The zero-order chi connectivity index (χ0) is 18.6. The van der Waals surface area contributed by atoms with Crippen molar-refractivity contribution in [1.29, 1.82) is 0 Å². The van der Waals surface area contributed by atoms with Gasteiger partial charge in [0, 0.05) is 17.2 Å². The number of hydrogen-bond acceptors (Lipinski definition) is 5. The van der Waals surface area contributed by atoms with Crippen LogP contribution in [0, 0.1) is 17.0 Å². The van der Waals surface area contributed by atoms with Gasteiger partial charge in [-0.3, -0.25) is 14.9 Å². The summed E-state index contributed by atoms with van der Waals surface area (Å²) in [5, 5.41) is 13.7. The zero-order valence-corrected chi connectivity index (χ0v) is 14.3. The van der Waals surface area contributed by atoms with Crippen LogP contribution in [0.2, 0.25) is 5.02 Å². The number of anilines is 1. The van der Waals surface area contributed by atoms with Crippen LogP contribution in [0.3, 0.4) is 0 Å². The predicted molar refractivity (Wildman–Crippen MR) is 93.2 cm³/mol. The molecule has 25 heavy (non-hydrogen) atoms. The number of ether oxygens (including phenoxy) is 1. The average Bonchev–Trinajstić information content (AvgIpc) is 2.56. The number of hydrogen-bond donors (Lipinski definition) is 1. The van der Waals surface area contributed by atoms with Crippen LogP contribution in [0.1, 0.15) is 33.2 Å². The van der Waals surface area contributed by atoms with E-state index in [1.165, 1.54) is 43.3 Å². The summed E-state index contributed by atoms with van der Waals surface area (Å²) in [5.74, 6) is -1.05. The minimum absolute atomic E-state index is 0.142. The fourth-order valence-corrected chi connectivity index (χ4v) is 2.44. The minimum atomic E-state index is -0.548. The first-order valence-electron chi connectivity index (χ1n) is 7.37. The molecule has 0 fully saturated rings. The third-order valence-electron chi connectivity index (χ3n) is 3.47. The number of rotatable bonds is 5. The first kappa shape index (κ1) is 18.4. The highest BCUT2D eigenvalue weighted by Crippen LogP contribution is 2.26. The number of carbonyl (C=O) groups is 2. The van der Waals surface area contributed by atoms with Gasteiger partial charge >= 0.3 is 5.97 Å². The lowest BCUT2D eigenvalue weighted by Crippen LogP contribution is -2.14. The number of benzene rings is 2. The van der Waals surface area contributed by atoms with E-state index in [4.69, 9.17) is 16.3 Å². The van der Waals surface area contributed by atoms with Crippen molar-refractivity contribution < 1.29 is 19.2 Å². The Hall–Kier alpha value is -2.93. The van der Waals surface area contributed by atoms with E-state index in [2.05, 4.69) is 5.32 Å². The van der Waals surface area contributed by atoms with Gasteiger partial charge in [-0.25, -0.2) is 4.79 Å². The lowest BCUT2D eigenvalue weighted by atomic mass is 10.1. The second kappa shape index (κ2) is 7.76. The number of nitrogens with zero attached hydrogens (tertiary/aromatic N) is 1. The van der Waals surface area contributed by atoms with Crippen LogP contribution in [-0.2, 0) is 4.74 Å². The topological polar surface area (TPSA) is 98.5 Å². The van der Waals surface area contributed by atoms with Crippen molar-refractivity contribution in [2.24, 2.45) is 0 Å². The van der Waals surface area contributed by atoms with Crippen LogP contribution in [0.5, 0.6) is 0 Å². The van der Waals surface area contributed by atoms with E-state index >= 15 is 0 Å². The monoisotopic (exact) mass is 362 g/mol. The third kappa shape index (κ3) is 4.13. The first-order valence-corrected chi connectivity index (χ1v) is 7.75. The van der Waals surface area contributed by atoms with Gasteiger partial charge in [0.1, 0.15) is 0 Å². The molecular formula is C17H15ClN2O5. The Morgan fingerprint density at radius 3 is 2.60 bits per heavy atom. The summed E-state index contributed by atoms with van der Waals surface area (Å²) in [4.78, 5) is 34.5. The maximum Gasteiger partial charge on any atom is 0.338 e. The summed E-state index contributed by atoms with van der Waals surface area (Å²) in [6, 6.07) is 8.58. The number of amides is 1. The van der Waals surface area contributed by atoms with Crippen LogP contribution >= 0.6 is 11.6 Å². The lowest BCUT2D eigenvalue weighted by molar-refractivity contribution is -0.385. The fraction of sp³-hybridized carbons (Fsp3) is 0.176. The van der Waals surface area contributed by atoms with Crippen LogP contribution in [0.4, 0.5) is 11.4 Å². The van der Waals surface area contributed by atoms with Crippen molar-refractivity contribution in [3.05, 3.63) is 68.2 Å². The molecule has 0 saturated carbocycles. The summed E-state index contributed by atoms with van der Waals surface area (Å²) in [6.45, 7) is 3.43. The molecule has 8 heteroatoms. The second-order valence-corrected chi connectivity index (χ2v) is 5.48. The SMILES string of the molecule is CCOC(=O)c1ccc(NC(=O)c2cccc([N+](=O)[O-])c2C)c(Cl)c1. The molecule has 0 aliphatic heterocycles. The molecule has 0 radical (unpaired) electrons. The number of halogens is 1. The highest BCUT2D eigenvalue weighted by Gasteiger charge is 2.19. The number of nitro groups is 1. The molecule has 1 N–H and O–H groups in total. The minimum Gasteiger partial charge on any atom is -0.462 e. The highest BCUT2D eigenvalue weighted by atomic mass is 35.5. The van der Waals surface area contributed by atoms with Crippen molar-refractivity contribution in [2.45, 2.75) is 13.8 Å². The van der Waals surface area contributed by atoms with Gasteiger partial charge in [-0.15, -0.1) is 0 Å². The molecule has 7 nitrogen and oxygen atoms in total. The second-order valence-electron chi connectivity index (χ2n) is 5.08. The van der Waals surface area contributed by atoms with E-state index < -0.39 is 16.8 Å². The van der Waals surface area contributed by atoms with E-state index in [9.17, 15) is 19.7 Å². The van der Waals surface area contributed by atoms with Gasteiger partial charge in [0.25, 0.3) is 11.6 Å². The van der Waals surface area contributed by atoms with Crippen molar-refractivity contribution >= 4 is 34.9 Å². The first-order chi connectivity index (χ1) is 11.8. The zero-order valence-electron chi connectivity index (χ0n) is 13.5. The predicted octanol–water partition coefficient (Wildman–Crippen LogP) is 3.99. The smallest absolute Gasteiger partial charge is 0.338 e. The molecule has 0 spiro atoms. The number of nitro benzene ring substituents is 1. The molecule has 0 heterocycles. The molecule has 0 aromatic heterocycles. The normalized spacial score (nSPS) is 10.2. The standard InChI is InChI=1S/C17H15ClN2O5/c1-3-25-17(22)11-7-8-14(13(18)9-11)19-16(21)12-5-4-6-15(10(12)2)20(23)24/h4-9H,3H2,1-2H3,(H,19,21). The molecule has 0 aliphatic rings. The Morgan fingerprint density at radius 1 is 1.28 bits per heavy atom. The van der Waals surface area contributed by atoms with E-state index in [1.54, 1.807) is 6.92 Å².